The van der Waals surface area contributed by atoms with Gasteiger partial charge in [0.05, 0.1) is 12.8 Å². The molecular formula is C18H26N4O3. The number of hydrogen-bond acceptors (Lipinski definition) is 5. The Kier molecular flexibility index (Phi) is 6.19. The first-order chi connectivity index (χ1) is 12.2. The minimum absolute atomic E-state index is 0.0348. The second kappa shape index (κ2) is 8.78. The van der Waals surface area contributed by atoms with Crippen molar-refractivity contribution in [2.24, 2.45) is 5.92 Å². The molecule has 7 heteroatoms. The van der Waals surface area contributed by atoms with E-state index in [1.165, 1.54) is 38.5 Å². The number of nitrogens with one attached hydrogen (secondary N) is 1. The van der Waals surface area contributed by atoms with Gasteiger partial charge in [-0.05, 0) is 12.3 Å². The summed E-state index contributed by atoms with van der Waals surface area (Å²) >= 11 is 0. The third kappa shape index (κ3) is 5.41. The summed E-state index contributed by atoms with van der Waals surface area (Å²) in [5.74, 6) is 1.50. The van der Waals surface area contributed by atoms with E-state index in [1.54, 1.807) is 12.4 Å². The molecule has 2 heterocycles. The van der Waals surface area contributed by atoms with Gasteiger partial charge in [0.15, 0.2) is 5.82 Å². The van der Waals surface area contributed by atoms with Gasteiger partial charge >= 0.3 is 5.97 Å². The average Bonchev–Trinajstić information content (AvgIpc) is 3.27. The highest BCUT2D eigenvalue weighted by atomic mass is 16.5. The van der Waals surface area contributed by atoms with Crippen molar-refractivity contribution in [2.45, 2.75) is 70.1 Å². The Morgan fingerprint density at radius 2 is 2.20 bits per heavy atom. The lowest BCUT2D eigenvalue weighted by atomic mass is 9.84. The van der Waals surface area contributed by atoms with Crippen LogP contribution in [0.3, 0.4) is 0 Å². The molecule has 0 spiro atoms. The molecule has 1 aliphatic rings. The SMILES string of the molecule is O=C(O)C[C@@H](CCCC1CCCCC1)c1nc(Cc2ncc[nH]2)no1. The molecule has 1 aliphatic carbocycles. The van der Waals surface area contributed by atoms with E-state index < -0.39 is 5.97 Å². The van der Waals surface area contributed by atoms with Gasteiger partial charge in [0, 0.05) is 18.3 Å². The zero-order valence-corrected chi connectivity index (χ0v) is 14.5. The van der Waals surface area contributed by atoms with Crippen molar-refractivity contribution in [3.63, 3.8) is 0 Å². The van der Waals surface area contributed by atoms with Crippen LogP contribution in [0.25, 0.3) is 0 Å². The fraction of sp³-hybridized carbons (Fsp3) is 0.667. The summed E-state index contributed by atoms with van der Waals surface area (Å²) in [5.41, 5.74) is 0. The molecular weight excluding hydrogens is 320 g/mol. The number of H-pyrrole nitrogens is 1. The second-order valence-corrected chi connectivity index (χ2v) is 6.99. The Morgan fingerprint density at radius 3 is 2.92 bits per heavy atom. The van der Waals surface area contributed by atoms with Gasteiger partial charge in [-0.2, -0.15) is 4.98 Å². The lowest BCUT2D eigenvalue weighted by Crippen LogP contribution is -2.10. The van der Waals surface area contributed by atoms with Gasteiger partial charge in [0.1, 0.15) is 5.82 Å². The Labute approximate surface area is 147 Å². The van der Waals surface area contributed by atoms with E-state index in [0.717, 1.165) is 24.6 Å². The molecule has 0 aromatic carbocycles. The van der Waals surface area contributed by atoms with Crippen LogP contribution in [0.15, 0.2) is 16.9 Å². The van der Waals surface area contributed by atoms with Crippen LogP contribution in [-0.4, -0.2) is 31.2 Å². The molecule has 0 saturated heterocycles. The zero-order chi connectivity index (χ0) is 17.5. The van der Waals surface area contributed by atoms with Crippen LogP contribution in [0.5, 0.6) is 0 Å². The van der Waals surface area contributed by atoms with E-state index in [0.29, 0.717) is 18.1 Å². The van der Waals surface area contributed by atoms with Crippen molar-refractivity contribution in [1.29, 1.82) is 0 Å². The van der Waals surface area contributed by atoms with Crippen LogP contribution in [0.1, 0.15) is 81.2 Å². The lowest BCUT2D eigenvalue weighted by molar-refractivity contribution is -0.137. The molecule has 1 saturated carbocycles. The van der Waals surface area contributed by atoms with Crippen molar-refractivity contribution < 1.29 is 14.4 Å². The number of nitrogens with zero attached hydrogens (tertiary/aromatic N) is 3. The summed E-state index contributed by atoms with van der Waals surface area (Å²) < 4.78 is 5.35. The van der Waals surface area contributed by atoms with Gasteiger partial charge in [-0.15, -0.1) is 0 Å². The number of carboxylic acids is 1. The summed E-state index contributed by atoms with van der Waals surface area (Å²) in [4.78, 5) is 22.8. The summed E-state index contributed by atoms with van der Waals surface area (Å²) in [5, 5.41) is 13.2. The Balaban J connectivity index is 1.55. The molecule has 1 fully saturated rings. The van der Waals surface area contributed by atoms with E-state index in [9.17, 15) is 9.90 Å². The van der Waals surface area contributed by atoms with E-state index >= 15 is 0 Å². The molecule has 0 radical (unpaired) electrons. The first-order valence-electron chi connectivity index (χ1n) is 9.23. The third-order valence-corrected chi connectivity index (χ3v) is 5.02. The maximum Gasteiger partial charge on any atom is 0.304 e. The third-order valence-electron chi connectivity index (χ3n) is 5.02. The van der Waals surface area contributed by atoms with Gasteiger partial charge in [-0.3, -0.25) is 4.79 Å². The molecule has 136 valence electrons. The number of aliphatic carboxylic acids is 1. The number of rotatable bonds is 9. The quantitative estimate of drug-likeness (QED) is 0.717. The molecule has 0 unspecified atom stereocenters. The number of aromatic amines is 1. The van der Waals surface area contributed by atoms with Crippen molar-refractivity contribution in [3.05, 3.63) is 29.9 Å². The van der Waals surface area contributed by atoms with Crippen molar-refractivity contribution in [2.75, 3.05) is 0 Å². The molecule has 2 N–H and O–H groups in total. The minimum Gasteiger partial charge on any atom is -0.481 e. The molecule has 1 atom stereocenters. The summed E-state index contributed by atoms with van der Waals surface area (Å²) in [6.07, 6.45) is 13.5. The molecule has 7 nitrogen and oxygen atoms in total. The van der Waals surface area contributed by atoms with Crippen LogP contribution in [0, 0.1) is 5.92 Å². The van der Waals surface area contributed by atoms with E-state index in [2.05, 4.69) is 20.1 Å². The zero-order valence-electron chi connectivity index (χ0n) is 14.5. The van der Waals surface area contributed by atoms with E-state index in [-0.39, 0.29) is 12.3 Å². The van der Waals surface area contributed by atoms with Crippen LogP contribution in [0.2, 0.25) is 0 Å². The molecule has 0 bridgehead atoms. The Hall–Kier alpha value is -2.18. The minimum atomic E-state index is -0.826. The molecule has 2 aromatic heterocycles. The van der Waals surface area contributed by atoms with Crippen molar-refractivity contribution in [1.82, 2.24) is 20.1 Å². The highest BCUT2D eigenvalue weighted by Gasteiger charge is 2.23. The summed E-state index contributed by atoms with van der Waals surface area (Å²) in [6, 6.07) is 0. The first kappa shape index (κ1) is 17.6. The molecule has 3 rings (SSSR count). The normalized spacial score (nSPS) is 16.8. The van der Waals surface area contributed by atoms with Gasteiger partial charge < -0.3 is 14.6 Å². The summed E-state index contributed by atoms with van der Waals surface area (Å²) in [6.45, 7) is 0. The topological polar surface area (TPSA) is 105 Å². The van der Waals surface area contributed by atoms with E-state index in [4.69, 9.17) is 4.52 Å². The highest BCUT2D eigenvalue weighted by Crippen LogP contribution is 2.31. The highest BCUT2D eigenvalue weighted by molar-refractivity contribution is 5.67. The van der Waals surface area contributed by atoms with Crippen molar-refractivity contribution >= 4 is 5.97 Å². The van der Waals surface area contributed by atoms with Gasteiger partial charge in [0.2, 0.25) is 5.89 Å². The van der Waals surface area contributed by atoms with Gasteiger partial charge in [-0.25, -0.2) is 4.98 Å². The van der Waals surface area contributed by atoms with Crippen molar-refractivity contribution in [3.8, 4) is 0 Å². The van der Waals surface area contributed by atoms with Gasteiger partial charge in [-0.1, -0.05) is 50.1 Å². The van der Waals surface area contributed by atoms with Crippen LogP contribution < -0.4 is 0 Å². The fourth-order valence-corrected chi connectivity index (χ4v) is 3.70. The standard InChI is InChI=1S/C18H26N4O3/c23-17(24)11-14(8-4-7-13-5-2-1-3-6-13)18-21-16(22-25-18)12-15-19-9-10-20-15/h9-10,13-14H,1-8,11-12H2,(H,19,20)(H,23,24)/t14-/m1/s1. The number of carboxylic acid groups (broad SMARTS) is 1. The van der Waals surface area contributed by atoms with Crippen LogP contribution in [-0.2, 0) is 11.2 Å². The fourth-order valence-electron chi connectivity index (χ4n) is 3.70. The van der Waals surface area contributed by atoms with E-state index in [1.807, 2.05) is 0 Å². The Bertz CT molecular complexity index is 647. The number of hydrogen-bond donors (Lipinski definition) is 2. The van der Waals surface area contributed by atoms with Gasteiger partial charge in [0.25, 0.3) is 0 Å². The summed E-state index contributed by atoms with van der Waals surface area (Å²) in [7, 11) is 0. The lowest BCUT2D eigenvalue weighted by Gasteiger charge is -2.21. The van der Waals surface area contributed by atoms with Crippen LogP contribution in [0.4, 0.5) is 0 Å². The molecule has 2 aromatic rings. The maximum absolute atomic E-state index is 11.2. The van der Waals surface area contributed by atoms with Crippen LogP contribution >= 0.6 is 0 Å². The largest absolute Gasteiger partial charge is 0.481 e. The first-order valence-corrected chi connectivity index (χ1v) is 9.23. The maximum atomic E-state index is 11.2. The number of aromatic nitrogens is 4. The Morgan fingerprint density at radius 1 is 1.36 bits per heavy atom. The number of carbonyl (C=O) groups is 1. The molecule has 0 amide bonds. The molecule has 0 aliphatic heterocycles. The number of imidazole rings is 1. The average molecular weight is 346 g/mol. The molecule has 25 heavy (non-hydrogen) atoms. The monoisotopic (exact) mass is 346 g/mol. The predicted octanol–water partition coefficient (Wildman–Crippen LogP) is 3.69. The second-order valence-electron chi connectivity index (χ2n) is 6.99. The predicted molar refractivity (Wildman–Crippen MR) is 91.1 cm³/mol. The smallest absolute Gasteiger partial charge is 0.304 e.